The Labute approximate surface area is 213 Å². The number of carbonyl (C=O) groups excluding carboxylic acids is 1. The van der Waals surface area contributed by atoms with Crippen LogP contribution in [0, 0.1) is 0 Å². The molecule has 8 nitrogen and oxygen atoms in total. The Hall–Kier alpha value is -4.15. The van der Waals surface area contributed by atoms with Gasteiger partial charge >= 0.3 is 14.9 Å². The predicted molar refractivity (Wildman–Crippen MR) is 148 cm³/mol. The zero-order chi connectivity index (χ0) is 25.8. The number of carbonyl (C=O) groups is 1. The van der Waals surface area contributed by atoms with Crippen LogP contribution in [0.5, 0.6) is 5.75 Å². The second kappa shape index (κ2) is 10.5. The summed E-state index contributed by atoms with van der Waals surface area (Å²) >= 11 is 0. The van der Waals surface area contributed by atoms with Gasteiger partial charge in [0.15, 0.2) is 0 Å². The van der Waals surface area contributed by atoms with Gasteiger partial charge in [0, 0.05) is 18.2 Å². The van der Waals surface area contributed by atoms with Crippen molar-refractivity contribution < 1.29 is 23.9 Å². The minimum atomic E-state index is -4.08. The van der Waals surface area contributed by atoms with Gasteiger partial charge in [-0.15, -0.1) is 0 Å². The fourth-order valence-corrected chi connectivity index (χ4v) is 5.00. The lowest BCUT2D eigenvalue weighted by molar-refractivity contribution is 0.199. The first-order valence-electron chi connectivity index (χ1n) is 11.8. The number of rotatable bonds is 8. The highest BCUT2D eigenvalue weighted by molar-refractivity contribution is 6.56. The van der Waals surface area contributed by atoms with Crippen LogP contribution in [0.25, 0.3) is 32.3 Å². The molecule has 0 unspecified atom stereocenters. The number of nitrogens with one attached hydrogen (secondary N) is 1. The lowest BCUT2D eigenvalue weighted by atomic mass is 9.92. The van der Waals surface area contributed by atoms with Gasteiger partial charge in [-0.3, -0.25) is 0 Å². The van der Waals surface area contributed by atoms with Crippen molar-refractivity contribution in [3.05, 3.63) is 90.0 Å². The van der Waals surface area contributed by atoms with Gasteiger partial charge < -0.3 is 24.4 Å². The molecule has 0 atom stereocenters. The van der Waals surface area contributed by atoms with E-state index in [0.29, 0.717) is 5.75 Å². The van der Waals surface area contributed by atoms with Gasteiger partial charge in [-0.1, -0.05) is 54.6 Å². The van der Waals surface area contributed by atoms with E-state index in [1.807, 2.05) is 6.07 Å². The van der Waals surface area contributed by atoms with Crippen LogP contribution in [0.3, 0.4) is 0 Å². The molecule has 37 heavy (non-hydrogen) atoms. The fraction of sp³-hybridized carbons (Fsp3) is 0.107. The van der Waals surface area contributed by atoms with Crippen LogP contribution in [0.2, 0.25) is 6.04 Å². The summed E-state index contributed by atoms with van der Waals surface area (Å²) < 4.78 is 5.17. The molecule has 0 aromatic heterocycles. The number of benzene rings is 5. The van der Waals surface area contributed by atoms with Crippen LogP contribution in [0.1, 0.15) is 17.5 Å². The molecular weight excluding hydrogens is 486 g/mol. The van der Waals surface area contributed by atoms with Crippen molar-refractivity contribution in [2.24, 2.45) is 10.2 Å². The summed E-state index contributed by atoms with van der Waals surface area (Å²) in [7, 11) is -4.08. The van der Waals surface area contributed by atoms with Gasteiger partial charge in [-0.05, 0) is 68.6 Å². The van der Waals surface area contributed by atoms with Crippen molar-refractivity contribution >= 4 is 59.6 Å². The number of amides is 1. The monoisotopic (exact) mass is 511 g/mol. The predicted octanol–water partition coefficient (Wildman–Crippen LogP) is 4.43. The molecule has 5 aromatic carbocycles. The second-order valence-electron chi connectivity index (χ2n) is 8.76. The molecule has 4 N–H and O–H groups in total. The van der Waals surface area contributed by atoms with Crippen LogP contribution in [-0.2, 0) is 0 Å². The van der Waals surface area contributed by atoms with Crippen LogP contribution in [0.4, 0.5) is 4.79 Å². The summed E-state index contributed by atoms with van der Waals surface area (Å²) in [5.41, 5.74) is 1.78. The van der Waals surface area contributed by atoms with E-state index >= 15 is 0 Å². The highest BCUT2D eigenvalue weighted by Gasteiger charge is 2.25. The minimum Gasteiger partial charge on any atom is -0.410 e. The number of hydrogen-bond acceptors (Lipinski definition) is 7. The molecule has 0 aliphatic carbocycles. The average Bonchev–Trinajstić information content (AvgIpc) is 2.88. The topological polar surface area (TPSA) is 124 Å². The summed E-state index contributed by atoms with van der Waals surface area (Å²) in [6.45, 7) is 0.157. The number of nitrogens with zero attached hydrogens (tertiary/aromatic N) is 2. The molecule has 9 heteroatoms. The summed E-state index contributed by atoms with van der Waals surface area (Å²) in [5.74, 6) is 0.349. The molecular formula is C28H25N3O5Si. The SMILES string of the molecule is O=C(NCCC[Si](O)(O)O)Oc1ccc(/C=N/N=C/c2ccc3ccc4cccc5ccc2c3c45)cc1. The van der Waals surface area contributed by atoms with Crippen LogP contribution in [-0.4, -0.2) is 48.3 Å². The van der Waals surface area contributed by atoms with Gasteiger partial charge in [0.1, 0.15) is 5.75 Å². The van der Waals surface area contributed by atoms with E-state index in [1.54, 1.807) is 36.7 Å². The first kappa shape index (κ1) is 24.5. The normalized spacial score (nSPS) is 12.4. The molecule has 0 aliphatic rings. The third kappa shape index (κ3) is 5.82. The molecule has 0 aliphatic heterocycles. The maximum Gasteiger partial charge on any atom is 0.492 e. The van der Waals surface area contributed by atoms with Gasteiger partial charge in [0.2, 0.25) is 0 Å². The Morgan fingerprint density at radius 3 is 2.19 bits per heavy atom. The van der Waals surface area contributed by atoms with Crippen LogP contribution >= 0.6 is 0 Å². The molecule has 0 fully saturated rings. The summed E-state index contributed by atoms with van der Waals surface area (Å²) in [6.07, 6.45) is 2.93. The molecule has 5 rings (SSSR count). The standard InChI is InChI=1S/C28H25N3O5Si/c32-28(29-15-2-16-37(33,34)35)36-24-12-5-19(6-13-24)17-30-31-18-23-10-9-22-8-7-20-3-1-4-21-11-14-25(23)27(22)26(20)21/h1,3-14,17-18,33-35H,2,15-16H2,(H,29,32)/b30-17+,31-18+. The van der Waals surface area contributed by atoms with Crippen molar-refractivity contribution in [1.29, 1.82) is 0 Å². The van der Waals surface area contributed by atoms with E-state index in [1.165, 1.54) is 26.9 Å². The van der Waals surface area contributed by atoms with Crippen molar-refractivity contribution in [1.82, 2.24) is 5.32 Å². The van der Waals surface area contributed by atoms with Crippen molar-refractivity contribution in [2.75, 3.05) is 6.54 Å². The van der Waals surface area contributed by atoms with Crippen molar-refractivity contribution in [2.45, 2.75) is 12.5 Å². The average molecular weight is 512 g/mol. The van der Waals surface area contributed by atoms with Crippen molar-refractivity contribution in [3.63, 3.8) is 0 Å². The molecule has 0 saturated carbocycles. The Bertz CT molecular complexity index is 1590. The molecule has 186 valence electrons. The maximum atomic E-state index is 11.8. The quantitative estimate of drug-likeness (QED) is 0.0807. The Morgan fingerprint density at radius 2 is 1.46 bits per heavy atom. The first-order valence-corrected chi connectivity index (χ1v) is 13.9. The smallest absolute Gasteiger partial charge is 0.410 e. The first-order chi connectivity index (χ1) is 17.9. The molecule has 0 saturated heterocycles. The zero-order valence-corrected chi connectivity index (χ0v) is 20.8. The molecule has 0 bridgehead atoms. The van der Waals surface area contributed by atoms with Gasteiger partial charge in [-0.25, -0.2) is 4.79 Å². The third-order valence-electron chi connectivity index (χ3n) is 6.08. The van der Waals surface area contributed by atoms with E-state index in [4.69, 9.17) is 19.1 Å². The lowest BCUT2D eigenvalue weighted by Gasteiger charge is -2.11. The molecule has 1 amide bonds. The Morgan fingerprint density at radius 1 is 0.811 bits per heavy atom. The maximum absolute atomic E-state index is 11.8. The number of ether oxygens (including phenoxy) is 1. The van der Waals surface area contributed by atoms with Crippen LogP contribution in [0.15, 0.2) is 89.1 Å². The second-order valence-corrected chi connectivity index (χ2v) is 10.8. The Balaban J connectivity index is 1.22. The van der Waals surface area contributed by atoms with Gasteiger partial charge in [0.05, 0.1) is 12.4 Å². The van der Waals surface area contributed by atoms with E-state index < -0.39 is 14.9 Å². The van der Waals surface area contributed by atoms with E-state index in [-0.39, 0.29) is 19.0 Å². The summed E-state index contributed by atoms with van der Waals surface area (Å²) in [6, 6.07) is 25.7. The molecule has 0 heterocycles. The van der Waals surface area contributed by atoms with Gasteiger partial charge in [0.25, 0.3) is 0 Å². The highest BCUT2D eigenvalue weighted by Crippen LogP contribution is 2.35. The fourth-order valence-electron chi connectivity index (χ4n) is 4.35. The molecule has 5 aromatic rings. The van der Waals surface area contributed by atoms with E-state index in [2.05, 4.69) is 64.1 Å². The van der Waals surface area contributed by atoms with E-state index in [0.717, 1.165) is 16.5 Å². The highest BCUT2D eigenvalue weighted by atomic mass is 28.4. The lowest BCUT2D eigenvalue weighted by Crippen LogP contribution is -2.36. The van der Waals surface area contributed by atoms with Gasteiger partial charge in [-0.2, -0.15) is 10.2 Å². The van der Waals surface area contributed by atoms with Crippen LogP contribution < -0.4 is 10.1 Å². The Kier molecular flexibility index (Phi) is 6.93. The molecule has 0 spiro atoms. The van der Waals surface area contributed by atoms with Crippen molar-refractivity contribution in [3.8, 4) is 5.75 Å². The minimum absolute atomic E-state index is 0.152. The largest absolute Gasteiger partial charge is 0.492 e. The number of hydrogen-bond donors (Lipinski definition) is 4. The van der Waals surface area contributed by atoms with E-state index in [9.17, 15) is 4.79 Å². The third-order valence-corrected chi connectivity index (χ3v) is 7.11. The zero-order valence-electron chi connectivity index (χ0n) is 19.8. The summed E-state index contributed by atoms with van der Waals surface area (Å²) in [5, 5.41) is 18.2. The summed E-state index contributed by atoms with van der Waals surface area (Å²) in [4.78, 5) is 38.7. The molecule has 0 radical (unpaired) electrons.